The lowest BCUT2D eigenvalue weighted by molar-refractivity contribution is -0.131. The fourth-order valence-corrected chi connectivity index (χ4v) is 2.90. The van der Waals surface area contributed by atoms with Crippen LogP contribution in [0.15, 0.2) is 47.1 Å². The van der Waals surface area contributed by atoms with E-state index in [9.17, 15) is 4.79 Å². The lowest BCUT2D eigenvalue weighted by Crippen LogP contribution is -2.31. The molecule has 3 rings (SSSR count). The van der Waals surface area contributed by atoms with Crippen LogP contribution in [0, 0.1) is 0 Å². The third kappa shape index (κ3) is 2.94. The van der Waals surface area contributed by atoms with Crippen molar-refractivity contribution in [2.45, 2.75) is 25.3 Å². The Bertz CT molecular complexity index is 606. The minimum atomic E-state index is 0.0816. The van der Waals surface area contributed by atoms with Crippen LogP contribution in [0.3, 0.4) is 0 Å². The van der Waals surface area contributed by atoms with E-state index in [-0.39, 0.29) is 11.9 Å². The zero-order chi connectivity index (χ0) is 14.7. The van der Waals surface area contributed by atoms with Crippen LogP contribution in [0.1, 0.15) is 30.2 Å². The van der Waals surface area contributed by atoms with Gasteiger partial charge in [0.1, 0.15) is 11.5 Å². The first-order valence-corrected chi connectivity index (χ1v) is 7.24. The second-order valence-corrected chi connectivity index (χ2v) is 5.29. The van der Waals surface area contributed by atoms with Crippen LogP contribution in [-0.4, -0.2) is 24.5 Å². The molecule has 110 valence electrons. The molecule has 0 aliphatic carbocycles. The highest BCUT2D eigenvalue weighted by atomic mass is 16.5. The molecule has 1 aliphatic heterocycles. The highest BCUT2D eigenvalue weighted by Crippen LogP contribution is 2.32. The maximum atomic E-state index is 12.6. The van der Waals surface area contributed by atoms with Gasteiger partial charge in [0.05, 0.1) is 25.8 Å². The molecule has 1 unspecified atom stereocenters. The van der Waals surface area contributed by atoms with Gasteiger partial charge in [0.2, 0.25) is 5.91 Å². The molecule has 1 saturated heterocycles. The molecule has 2 aromatic rings. The van der Waals surface area contributed by atoms with Crippen molar-refractivity contribution >= 4 is 5.91 Å². The summed E-state index contributed by atoms with van der Waals surface area (Å²) in [6.45, 7) is 0.800. The van der Waals surface area contributed by atoms with Gasteiger partial charge >= 0.3 is 0 Å². The molecule has 21 heavy (non-hydrogen) atoms. The molecule has 1 aromatic carbocycles. The quantitative estimate of drug-likeness (QED) is 0.866. The average Bonchev–Trinajstić information content (AvgIpc) is 3.18. The number of likely N-dealkylation sites (tertiary alicyclic amines) is 1. The lowest BCUT2D eigenvalue weighted by atomic mass is 10.1. The number of carbonyl (C=O) groups excluding carboxylic acids is 1. The molecule has 0 saturated carbocycles. The van der Waals surface area contributed by atoms with Crippen molar-refractivity contribution in [1.82, 2.24) is 4.90 Å². The smallest absolute Gasteiger partial charge is 0.227 e. The van der Waals surface area contributed by atoms with Crippen molar-refractivity contribution in [1.29, 1.82) is 0 Å². The Hall–Kier alpha value is -2.23. The van der Waals surface area contributed by atoms with E-state index in [2.05, 4.69) is 0 Å². The van der Waals surface area contributed by atoms with Crippen LogP contribution in [-0.2, 0) is 11.2 Å². The zero-order valence-electron chi connectivity index (χ0n) is 12.1. The van der Waals surface area contributed by atoms with Crippen molar-refractivity contribution in [2.24, 2.45) is 0 Å². The van der Waals surface area contributed by atoms with Gasteiger partial charge in [-0.2, -0.15) is 0 Å². The van der Waals surface area contributed by atoms with E-state index >= 15 is 0 Å². The van der Waals surface area contributed by atoms with E-state index in [1.54, 1.807) is 13.4 Å². The maximum absolute atomic E-state index is 12.6. The predicted octanol–water partition coefficient (Wildman–Crippen LogP) is 3.19. The highest BCUT2D eigenvalue weighted by molar-refractivity contribution is 5.79. The number of furan rings is 1. The van der Waals surface area contributed by atoms with Gasteiger partial charge in [0.25, 0.3) is 0 Å². The van der Waals surface area contributed by atoms with Crippen molar-refractivity contribution in [3.63, 3.8) is 0 Å². The summed E-state index contributed by atoms with van der Waals surface area (Å²) in [6, 6.07) is 11.6. The van der Waals surface area contributed by atoms with Crippen LogP contribution in [0.2, 0.25) is 0 Å². The van der Waals surface area contributed by atoms with Crippen LogP contribution in [0.25, 0.3) is 0 Å². The minimum Gasteiger partial charge on any atom is -0.497 e. The second-order valence-electron chi connectivity index (χ2n) is 5.29. The van der Waals surface area contributed by atoms with Gasteiger partial charge < -0.3 is 14.1 Å². The van der Waals surface area contributed by atoms with Crippen LogP contribution < -0.4 is 4.74 Å². The standard InChI is InChI=1S/C17H19NO3/c1-20-14-6-2-5-13(11-14)12-17(19)18-9-3-7-15(18)16-8-4-10-21-16/h2,4-6,8,10-11,15H,3,7,9,12H2,1H3. The summed E-state index contributed by atoms with van der Waals surface area (Å²) < 4.78 is 10.7. The molecule has 1 aromatic heterocycles. The highest BCUT2D eigenvalue weighted by Gasteiger charge is 2.31. The largest absolute Gasteiger partial charge is 0.497 e. The maximum Gasteiger partial charge on any atom is 0.227 e. The van der Waals surface area contributed by atoms with Gasteiger partial charge in [-0.15, -0.1) is 0 Å². The number of hydrogen-bond donors (Lipinski definition) is 0. The zero-order valence-corrected chi connectivity index (χ0v) is 12.1. The number of methoxy groups -OCH3 is 1. The number of hydrogen-bond acceptors (Lipinski definition) is 3. The van der Waals surface area contributed by atoms with Crippen molar-refractivity contribution in [3.8, 4) is 5.75 Å². The van der Waals surface area contributed by atoms with Crippen LogP contribution in [0.5, 0.6) is 5.75 Å². The fraction of sp³-hybridized carbons (Fsp3) is 0.353. The van der Waals surface area contributed by atoms with Gasteiger partial charge in [0.15, 0.2) is 0 Å². The Balaban J connectivity index is 1.72. The molecule has 0 radical (unpaired) electrons. The molecule has 0 spiro atoms. The van der Waals surface area contributed by atoms with Crippen LogP contribution in [0.4, 0.5) is 0 Å². The first-order valence-electron chi connectivity index (χ1n) is 7.24. The predicted molar refractivity (Wildman–Crippen MR) is 79.1 cm³/mol. The van der Waals surface area contributed by atoms with Crippen molar-refractivity contribution < 1.29 is 13.9 Å². The second kappa shape index (κ2) is 6.04. The molecular formula is C17H19NO3. The molecule has 1 aliphatic rings. The first-order chi connectivity index (χ1) is 10.3. The van der Waals surface area contributed by atoms with E-state index in [4.69, 9.17) is 9.15 Å². The third-order valence-electron chi connectivity index (χ3n) is 3.93. The normalized spacial score (nSPS) is 18.0. The Labute approximate surface area is 124 Å². The van der Waals surface area contributed by atoms with E-state index in [0.717, 1.165) is 36.5 Å². The van der Waals surface area contributed by atoms with Crippen molar-refractivity contribution in [2.75, 3.05) is 13.7 Å². The molecular weight excluding hydrogens is 266 g/mol. The molecule has 0 bridgehead atoms. The first kappa shape index (κ1) is 13.7. The topological polar surface area (TPSA) is 42.7 Å². The Morgan fingerprint density at radius 2 is 2.29 bits per heavy atom. The van der Waals surface area contributed by atoms with Crippen molar-refractivity contribution in [3.05, 3.63) is 54.0 Å². The summed E-state index contributed by atoms with van der Waals surface area (Å²) in [6.07, 6.45) is 4.05. The van der Waals surface area contributed by atoms with Gasteiger partial charge in [-0.25, -0.2) is 0 Å². The summed E-state index contributed by atoms with van der Waals surface area (Å²) >= 11 is 0. The molecule has 0 N–H and O–H groups in total. The van der Waals surface area contributed by atoms with E-state index in [1.165, 1.54) is 0 Å². The summed E-state index contributed by atoms with van der Waals surface area (Å²) in [5.41, 5.74) is 0.976. The average molecular weight is 285 g/mol. The van der Waals surface area contributed by atoms with Gasteiger partial charge in [0, 0.05) is 6.54 Å². The molecule has 1 atom stereocenters. The Morgan fingerprint density at radius 1 is 1.38 bits per heavy atom. The summed E-state index contributed by atoms with van der Waals surface area (Å²) in [5.74, 6) is 1.80. The van der Waals surface area contributed by atoms with Crippen LogP contribution >= 0.6 is 0 Å². The third-order valence-corrected chi connectivity index (χ3v) is 3.93. The number of benzene rings is 1. The Kier molecular flexibility index (Phi) is 3.95. The number of rotatable bonds is 4. The monoisotopic (exact) mass is 285 g/mol. The summed E-state index contributed by atoms with van der Waals surface area (Å²) in [5, 5.41) is 0. The molecule has 4 nitrogen and oxygen atoms in total. The fourth-order valence-electron chi connectivity index (χ4n) is 2.90. The molecule has 4 heteroatoms. The summed E-state index contributed by atoms with van der Waals surface area (Å²) in [4.78, 5) is 14.5. The lowest BCUT2D eigenvalue weighted by Gasteiger charge is -2.23. The minimum absolute atomic E-state index is 0.0816. The van der Waals surface area contributed by atoms with Gasteiger partial charge in [-0.05, 0) is 42.7 Å². The SMILES string of the molecule is COc1cccc(CC(=O)N2CCCC2c2ccco2)c1. The Morgan fingerprint density at radius 3 is 3.05 bits per heavy atom. The number of amides is 1. The van der Waals surface area contributed by atoms with E-state index in [1.807, 2.05) is 41.3 Å². The molecule has 1 fully saturated rings. The molecule has 1 amide bonds. The summed E-state index contributed by atoms with van der Waals surface area (Å²) in [7, 11) is 1.63. The van der Waals surface area contributed by atoms with Gasteiger partial charge in [-0.1, -0.05) is 12.1 Å². The molecule has 2 heterocycles. The number of carbonyl (C=O) groups is 1. The van der Waals surface area contributed by atoms with Gasteiger partial charge in [-0.3, -0.25) is 4.79 Å². The van der Waals surface area contributed by atoms with E-state index in [0.29, 0.717) is 6.42 Å². The number of nitrogens with zero attached hydrogens (tertiary/aromatic N) is 1. The van der Waals surface area contributed by atoms with E-state index < -0.39 is 0 Å². The number of ether oxygens (including phenoxy) is 1.